The van der Waals surface area contributed by atoms with Crippen LogP contribution in [0.5, 0.6) is 0 Å². The SMILES string of the molecule is O=COOI. The summed E-state index contributed by atoms with van der Waals surface area (Å²) in [6.07, 6.45) is 0. The summed E-state index contributed by atoms with van der Waals surface area (Å²) >= 11 is 1.43. The smallest absolute Gasteiger partial charge is 0.292 e. The van der Waals surface area contributed by atoms with Crippen molar-refractivity contribution < 1.29 is 12.9 Å². The Labute approximate surface area is 42.9 Å². The number of carbonyl (C=O) groups excluding carboxylic acids is 1. The third-order valence-corrected chi connectivity index (χ3v) is 0.283. The van der Waals surface area contributed by atoms with E-state index in [1.807, 2.05) is 0 Å². The van der Waals surface area contributed by atoms with Gasteiger partial charge in [-0.05, 0) is 0 Å². The van der Waals surface area contributed by atoms with Crippen LogP contribution in [0.4, 0.5) is 0 Å². The van der Waals surface area contributed by atoms with Crippen LogP contribution in [0.2, 0.25) is 0 Å². The fourth-order valence-corrected chi connectivity index (χ4v) is 0.0996. The molecule has 0 N–H and O–H groups in total. The summed E-state index contributed by atoms with van der Waals surface area (Å²) in [5.41, 5.74) is 0. The standard InChI is InChI=1S/CHIO3/c2-5-4-1-3/h1H. The van der Waals surface area contributed by atoms with Crippen molar-refractivity contribution in [3.05, 3.63) is 0 Å². The van der Waals surface area contributed by atoms with Crippen molar-refractivity contribution in [3.8, 4) is 0 Å². The predicted octanol–water partition coefficient (Wildman–Crippen LogP) is 0.441. The van der Waals surface area contributed by atoms with Crippen LogP contribution >= 0.6 is 23.0 Å². The van der Waals surface area contributed by atoms with E-state index in [1.54, 1.807) is 0 Å². The van der Waals surface area contributed by atoms with Gasteiger partial charge < -0.3 is 0 Å². The van der Waals surface area contributed by atoms with Crippen molar-refractivity contribution in [1.82, 2.24) is 0 Å². The number of hydrogen-bond acceptors (Lipinski definition) is 3. The lowest BCUT2D eigenvalue weighted by Crippen LogP contribution is -1.73. The maximum absolute atomic E-state index is 9.05. The molecular weight excluding hydrogens is 187 g/mol. The van der Waals surface area contributed by atoms with Crippen molar-refractivity contribution in [2.75, 3.05) is 0 Å². The van der Waals surface area contributed by atoms with Crippen LogP contribution in [-0.2, 0) is 12.9 Å². The molecular formula is CHIO3. The van der Waals surface area contributed by atoms with Gasteiger partial charge >= 0.3 is 6.47 Å². The van der Waals surface area contributed by atoms with Crippen LogP contribution in [0.3, 0.4) is 0 Å². The van der Waals surface area contributed by atoms with Gasteiger partial charge in [-0.25, -0.2) is 0 Å². The zero-order valence-electron chi connectivity index (χ0n) is 2.18. The summed E-state index contributed by atoms with van der Waals surface area (Å²) in [6, 6.07) is 0. The molecule has 0 unspecified atom stereocenters. The Morgan fingerprint density at radius 2 is 2.40 bits per heavy atom. The Balaban J connectivity index is 2.40. The van der Waals surface area contributed by atoms with Gasteiger partial charge in [0.2, 0.25) is 0 Å². The van der Waals surface area contributed by atoms with Gasteiger partial charge in [-0.15, -0.1) is 3.22 Å². The molecule has 0 bridgehead atoms. The third kappa shape index (κ3) is 4.16. The Morgan fingerprint density at radius 1 is 1.80 bits per heavy atom. The highest BCUT2D eigenvalue weighted by molar-refractivity contribution is 14.1. The average Bonchev–Trinajstić information content (AvgIpc) is 1.41. The molecule has 30 valence electrons. The highest BCUT2D eigenvalue weighted by Gasteiger charge is 1.63. The highest BCUT2D eigenvalue weighted by atomic mass is 127. The second kappa shape index (κ2) is 4.16. The minimum Gasteiger partial charge on any atom is -0.292 e. The first-order valence-corrected chi connectivity index (χ1v) is 1.67. The van der Waals surface area contributed by atoms with Crippen LogP contribution in [0, 0.1) is 0 Å². The number of hydrogen-bond donors (Lipinski definition) is 0. The lowest BCUT2D eigenvalue weighted by atomic mass is 11.7. The maximum Gasteiger partial charge on any atom is 0.331 e. The highest BCUT2D eigenvalue weighted by Crippen LogP contribution is 1.80. The molecule has 0 spiro atoms. The molecule has 0 saturated carbocycles. The Bertz CT molecular complexity index is 28.1. The van der Waals surface area contributed by atoms with E-state index in [0.29, 0.717) is 0 Å². The Kier molecular flexibility index (Phi) is 4.29. The quantitative estimate of drug-likeness (QED) is 0.273. The molecule has 0 amide bonds. The van der Waals surface area contributed by atoms with Gasteiger partial charge in [-0.1, -0.05) is 0 Å². The van der Waals surface area contributed by atoms with Gasteiger partial charge in [0.25, 0.3) is 0 Å². The molecule has 0 radical (unpaired) electrons. The normalized spacial score (nSPS) is 6.60. The molecule has 0 aromatic heterocycles. The maximum atomic E-state index is 9.05. The monoisotopic (exact) mass is 188 g/mol. The third-order valence-electron chi connectivity index (χ3n) is 0.0757. The summed E-state index contributed by atoms with van der Waals surface area (Å²) in [6.45, 7) is 0.201. The molecule has 0 heterocycles. The molecule has 5 heavy (non-hydrogen) atoms. The second-order valence-corrected chi connectivity index (χ2v) is 0.615. The van der Waals surface area contributed by atoms with Crippen molar-refractivity contribution in [2.45, 2.75) is 0 Å². The molecule has 0 aliphatic heterocycles. The van der Waals surface area contributed by atoms with Crippen molar-refractivity contribution in [1.29, 1.82) is 0 Å². The number of halogens is 1. The zero-order chi connectivity index (χ0) is 4.12. The van der Waals surface area contributed by atoms with E-state index in [0.717, 1.165) is 0 Å². The molecule has 0 atom stereocenters. The van der Waals surface area contributed by atoms with E-state index in [9.17, 15) is 0 Å². The zero-order valence-corrected chi connectivity index (χ0v) is 4.34. The molecule has 0 fully saturated rings. The van der Waals surface area contributed by atoms with Gasteiger partial charge in [-0.2, -0.15) is 0 Å². The van der Waals surface area contributed by atoms with Crippen molar-refractivity contribution >= 4 is 29.5 Å². The summed E-state index contributed by atoms with van der Waals surface area (Å²) in [5, 5.41) is 0. The van der Waals surface area contributed by atoms with Crippen LogP contribution in [0.15, 0.2) is 0 Å². The van der Waals surface area contributed by atoms with Crippen molar-refractivity contribution in [3.63, 3.8) is 0 Å². The minimum atomic E-state index is 0.201. The van der Waals surface area contributed by atoms with Gasteiger partial charge in [-0.3, -0.25) is 9.68 Å². The molecule has 4 heteroatoms. The molecule has 0 saturated heterocycles. The van der Waals surface area contributed by atoms with Gasteiger partial charge in [0, 0.05) is 0 Å². The van der Waals surface area contributed by atoms with Crippen LogP contribution in [0.25, 0.3) is 0 Å². The molecule has 0 aliphatic carbocycles. The Hall–Kier alpha value is 0.160. The van der Waals surface area contributed by atoms with E-state index in [4.69, 9.17) is 4.79 Å². The van der Waals surface area contributed by atoms with E-state index < -0.39 is 0 Å². The first-order valence-electron chi connectivity index (χ1n) is 0.792. The summed E-state index contributed by atoms with van der Waals surface area (Å²) in [5.74, 6) is 0. The largest absolute Gasteiger partial charge is 0.331 e. The summed E-state index contributed by atoms with van der Waals surface area (Å²) < 4.78 is 3.79. The van der Waals surface area contributed by atoms with E-state index >= 15 is 0 Å². The molecule has 0 rings (SSSR count). The summed E-state index contributed by atoms with van der Waals surface area (Å²) in [4.78, 5) is 12.7. The predicted molar refractivity (Wildman–Crippen MR) is 22.3 cm³/mol. The molecule has 0 aromatic rings. The van der Waals surface area contributed by atoms with Crippen LogP contribution in [0.1, 0.15) is 0 Å². The van der Waals surface area contributed by atoms with Gasteiger partial charge in [0.15, 0.2) is 23.0 Å². The van der Waals surface area contributed by atoms with E-state index in [1.165, 1.54) is 23.0 Å². The van der Waals surface area contributed by atoms with Crippen LogP contribution < -0.4 is 0 Å². The minimum absolute atomic E-state index is 0.201. The number of rotatable bonds is 2. The second-order valence-electron chi connectivity index (χ2n) is 0.255. The molecule has 0 aliphatic rings. The van der Waals surface area contributed by atoms with E-state index in [-0.39, 0.29) is 6.47 Å². The molecule has 3 nitrogen and oxygen atoms in total. The first-order chi connectivity index (χ1) is 2.41. The molecule has 0 aromatic carbocycles. The lowest BCUT2D eigenvalue weighted by molar-refractivity contribution is -0.177. The van der Waals surface area contributed by atoms with Gasteiger partial charge in [0.1, 0.15) is 0 Å². The Morgan fingerprint density at radius 3 is 2.40 bits per heavy atom. The van der Waals surface area contributed by atoms with Crippen molar-refractivity contribution in [2.24, 2.45) is 0 Å². The lowest BCUT2D eigenvalue weighted by Gasteiger charge is -1.75. The first kappa shape index (κ1) is 5.16. The topological polar surface area (TPSA) is 35.5 Å². The van der Waals surface area contributed by atoms with Crippen LogP contribution in [-0.4, -0.2) is 6.47 Å². The fraction of sp³-hybridized carbons (Fsp3) is 0. The summed E-state index contributed by atoms with van der Waals surface area (Å²) in [7, 11) is 0. The van der Waals surface area contributed by atoms with Gasteiger partial charge in [0.05, 0.1) is 0 Å². The van der Waals surface area contributed by atoms with E-state index in [2.05, 4.69) is 8.10 Å². The number of carbonyl (C=O) groups is 1. The fourth-order valence-electron chi connectivity index (χ4n) is 0.0148. The average molecular weight is 188 g/mol.